The number of rotatable bonds is 5. The van der Waals surface area contributed by atoms with E-state index in [1.807, 2.05) is 26.0 Å². The van der Waals surface area contributed by atoms with Crippen LogP contribution in [0.25, 0.3) is 0 Å². The molecule has 2 N–H and O–H groups in total. The van der Waals surface area contributed by atoms with Gasteiger partial charge in [-0.25, -0.2) is 0 Å². The smallest absolute Gasteiger partial charge is 0.270 e. The molecule has 0 saturated carbocycles. The van der Waals surface area contributed by atoms with Gasteiger partial charge >= 0.3 is 0 Å². The third-order valence-corrected chi connectivity index (χ3v) is 5.79. The van der Waals surface area contributed by atoms with Crippen molar-refractivity contribution in [3.8, 4) is 0 Å². The Kier molecular flexibility index (Phi) is 6.01. The summed E-state index contributed by atoms with van der Waals surface area (Å²) in [6, 6.07) is 17.5. The molecular formula is C24H23ClN4O3. The van der Waals surface area contributed by atoms with E-state index in [0.717, 1.165) is 17.1 Å². The Labute approximate surface area is 190 Å². The van der Waals surface area contributed by atoms with E-state index in [1.54, 1.807) is 58.1 Å². The first-order valence-electron chi connectivity index (χ1n) is 10.2. The minimum Gasteiger partial charge on any atom is -0.326 e. The molecule has 1 fully saturated rings. The molecule has 7 nitrogen and oxygen atoms in total. The van der Waals surface area contributed by atoms with Crippen LogP contribution in [0.15, 0.2) is 60.7 Å². The predicted octanol–water partition coefficient (Wildman–Crippen LogP) is 4.13. The van der Waals surface area contributed by atoms with Gasteiger partial charge in [0.15, 0.2) is 0 Å². The van der Waals surface area contributed by atoms with Gasteiger partial charge in [0.05, 0.1) is 5.92 Å². The highest BCUT2D eigenvalue weighted by atomic mass is 35.5. The molecule has 8 heteroatoms. The number of anilines is 2. The summed E-state index contributed by atoms with van der Waals surface area (Å²) in [5.74, 6) is -1.04. The number of nitrogens with one attached hydrogen (secondary N) is 2. The Morgan fingerprint density at radius 3 is 2.19 bits per heavy atom. The van der Waals surface area contributed by atoms with Crippen LogP contribution in [-0.4, -0.2) is 28.9 Å². The van der Waals surface area contributed by atoms with Crippen molar-refractivity contribution in [2.45, 2.75) is 20.3 Å². The third-order valence-electron chi connectivity index (χ3n) is 5.53. The molecular weight excluding hydrogens is 428 g/mol. The molecule has 3 aromatic rings. The highest BCUT2D eigenvalue weighted by Crippen LogP contribution is 2.27. The first-order valence-corrected chi connectivity index (χ1v) is 10.6. The average molecular weight is 451 g/mol. The molecule has 1 saturated heterocycles. The predicted molar refractivity (Wildman–Crippen MR) is 125 cm³/mol. The maximum atomic E-state index is 12.7. The lowest BCUT2D eigenvalue weighted by Gasteiger charge is -2.17. The van der Waals surface area contributed by atoms with Crippen molar-refractivity contribution in [2.75, 3.05) is 22.2 Å². The Morgan fingerprint density at radius 2 is 1.56 bits per heavy atom. The SMILES string of the molecule is Cc1ccc(C)n1NC(=O)c1ccc(NC(=O)[C@@H]2CC(=O)N(c3ccc(Cl)cc3)C2)cc1. The molecule has 1 aliphatic heterocycles. The lowest BCUT2D eigenvalue weighted by atomic mass is 10.1. The number of nitrogens with zero attached hydrogens (tertiary/aromatic N) is 2. The van der Waals surface area contributed by atoms with Crippen molar-refractivity contribution in [2.24, 2.45) is 5.92 Å². The number of aromatic nitrogens is 1. The second-order valence-electron chi connectivity index (χ2n) is 7.84. The van der Waals surface area contributed by atoms with Crippen LogP contribution in [-0.2, 0) is 9.59 Å². The Bertz CT molecular complexity index is 1150. The summed E-state index contributed by atoms with van der Waals surface area (Å²) in [6.45, 7) is 4.13. The number of hydrogen-bond donors (Lipinski definition) is 2. The maximum absolute atomic E-state index is 12.7. The van der Waals surface area contributed by atoms with Crippen LogP contribution in [0.4, 0.5) is 11.4 Å². The standard InChI is InChI=1S/C24H23ClN4O3/c1-15-3-4-16(2)29(15)27-24(32)17-5-9-20(10-6-17)26-23(31)18-13-22(30)28(14-18)21-11-7-19(25)8-12-21/h3-12,18H,13-14H2,1-2H3,(H,26,31)(H,27,32)/t18-/m1/s1. The number of aryl methyl sites for hydroxylation is 2. The van der Waals surface area contributed by atoms with Gasteiger partial charge in [-0.3, -0.25) is 24.5 Å². The van der Waals surface area contributed by atoms with Gasteiger partial charge in [-0.05, 0) is 74.5 Å². The lowest BCUT2D eigenvalue weighted by molar-refractivity contribution is -0.122. The molecule has 0 unspecified atom stereocenters. The highest BCUT2D eigenvalue weighted by molar-refractivity contribution is 6.30. The van der Waals surface area contributed by atoms with E-state index >= 15 is 0 Å². The zero-order valence-corrected chi connectivity index (χ0v) is 18.5. The average Bonchev–Trinajstić information content (AvgIpc) is 3.32. The molecule has 3 amide bonds. The van der Waals surface area contributed by atoms with Gasteiger partial charge in [0, 0.05) is 46.3 Å². The van der Waals surface area contributed by atoms with E-state index in [4.69, 9.17) is 11.6 Å². The van der Waals surface area contributed by atoms with Crippen LogP contribution in [0.1, 0.15) is 28.2 Å². The molecule has 0 radical (unpaired) electrons. The second-order valence-corrected chi connectivity index (χ2v) is 8.28. The van der Waals surface area contributed by atoms with Gasteiger partial charge in [-0.2, -0.15) is 0 Å². The monoisotopic (exact) mass is 450 g/mol. The van der Waals surface area contributed by atoms with Gasteiger partial charge in [-0.15, -0.1) is 0 Å². The molecule has 164 valence electrons. The topological polar surface area (TPSA) is 83.4 Å². The first kappa shape index (κ1) is 21.6. The van der Waals surface area contributed by atoms with E-state index in [1.165, 1.54) is 0 Å². The number of carbonyl (C=O) groups excluding carboxylic acids is 3. The van der Waals surface area contributed by atoms with E-state index in [9.17, 15) is 14.4 Å². The maximum Gasteiger partial charge on any atom is 0.270 e. The zero-order valence-electron chi connectivity index (χ0n) is 17.8. The number of benzene rings is 2. The molecule has 32 heavy (non-hydrogen) atoms. The summed E-state index contributed by atoms with van der Waals surface area (Å²) in [6.07, 6.45) is 0.143. The first-order chi connectivity index (χ1) is 15.3. The molecule has 1 aliphatic rings. The van der Waals surface area contributed by atoms with Gasteiger partial charge < -0.3 is 10.2 Å². The summed E-state index contributed by atoms with van der Waals surface area (Å²) in [5.41, 5.74) is 6.47. The largest absolute Gasteiger partial charge is 0.326 e. The van der Waals surface area contributed by atoms with Crippen LogP contribution >= 0.6 is 11.6 Å². The van der Waals surface area contributed by atoms with Crippen LogP contribution in [0.2, 0.25) is 5.02 Å². The number of amides is 3. The Hall–Kier alpha value is -3.58. The molecule has 4 rings (SSSR count). The van der Waals surface area contributed by atoms with E-state index < -0.39 is 5.92 Å². The van der Waals surface area contributed by atoms with Crippen molar-refractivity contribution < 1.29 is 14.4 Å². The molecule has 0 bridgehead atoms. The van der Waals surface area contributed by atoms with Crippen molar-refractivity contribution in [3.05, 3.63) is 82.6 Å². The van der Waals surface area contributed by atoms with Crippen LogP contribution in [0.3, 0.4) is 0 Å². The van der Waals surface area contributed by atoms with Crippen molar-refractivity contribution in [3.63, 3.8) is 0 Å². The minimum atomic E-state index is -0.458. The fraction of sp³-hybridized carbons (Fsp3) is 0.208. The molecule has 0 aliphatic carbocycles. The lowest BCUT2D eigenvalue weighted by Crippen LogP contribution is -2.28. The van der Waals surface area contributed by atoms with Crippen LogP contribution in [0, 0.1) is 19.8 Å². The number of hydrogen-bond acceptors (Lipinski definition) is 3. The second kappa shape index (κ2) is 8.88. The molecule has 1 aromatic heterocycles. The van der Waals surface area contributed by atoms with Crippen molar-refractivity contribution in [1.29, 1.82) is 0 Å². The normalized spacial score (nSPS) is 15.7. The quantitative estimate of drug-likeness (QED) is 0.613. The van der Waals surface area contributed by atoms with Crippen LogP contribution in [0.5, 0.6) is 0 Å². The summed E-state index contributed by atoms with van der Waals surface area (Å²) >= 11 is 5.91. The zero-order chi connectivity index (χ0) is 22.8. The fourth-order valence-electron chi connectivity index (χ4n) is 3.71. The molecule has 2 heterocycles. The van der Waals surface area contributed by atoms with Crippen LogP contribution < -0.4 is 15.6 Å². The summed E-state index contributed by atoms with van der Waals surface area (Å²) < 4.78 is 1.72. The van der Waals surface area contributed by atoms with E-state index in [2.05, 4.69) is 10.7 Å². The van der Waals surface area contributed by atoms with Gasteiger partial charge in [0.2, 0.25) is 11.8 Å². The molecule has 2 aromatic carbocycles. The highest BCUT2D eigenvalue weighted by Gasteiger charge is 2.35. The van der Waals surface area contributed by atoms with Gasteiger partial charge in [-0.1, -0.05) is 11.6 Å². The molecule has 1 atom stereocenters. The van der Waals surface area contributed by atoms with Crippen molar-refractivity contribution >= 4 is 40.7 Å². The minimum absolute atomic E-state index is 0.102. The molecule has 0 spiro atoms. The summed E-state index contributed by atoms with van der Waals surface area (Å²) in [4.78, 5) is 39.2. The van der Waals surface area contributed by atoms with E-state index in [-0.39, 0.29) is 24.1 Å². The van der Waals surface area contributed by atoms with E-state index in [0.29, 0.717) is 22.8 Å². The van der Waals surface area contributed by atoms with Gasteiger partial charge in [0.25, 0.3) is 5.91 Å². The third kappa shape index (κ3) is 4.53. The van der Waals surface area contributed by atoms with Crippen molar-refractivity contribution in [1.82, 2.24) is 4.68 Å². The summed E-state index contributed by atoms with van der Waals surface area (Å²) in [7, 11) is 0. The Balaban J connectivity index is 1.37. The Morgan fingerprint density at radius 1 is 0.938 bits per heavy atom. The summed E-state index contributed by atoms with van der Waals surface area (Å²) in [5, 5.41) is 3.43. The number of halogens is 1. The fourth-order valence-corrected chi connectivity index (χ4v) is 3.84. The van der Waals surface area contributed by atoms with Gasteiger partial charge in [0.1, 0.15) is 0 Å². The number of carbonyl (C=O) groups is 3.